The zero-order chi connectivity index (χ0) is 21.8. The summed E-state index contributed by atoms with van der Waals surface area (Å²) in [7, 11) is -3.75. The van der Waals surface area contributed by atoms with Crippen LogP contribution in [0.5, 0.6) is 0 Å². The zero-order valence-corrected chi connectivity index (χ0v) is 15.5. The van der Waals surface area contributed by atoms with E-state index >= 15 is 0 Å². The summed E-state index contributed by atoms with van der Waals surface area (Å²) in [4.78, 5) is 26.3. The van der Waals surface area contributed by atoms with Gasteiger partial charge in [-0.05, 0) is 29.8 Å². The van der Waals surface area contributed by atoms with E-state index in [-0.39, 0.29) is 17.8 Å². The number of sulfonamides is 1. The number of amides is 2. The summed E-state index contributed by atoms with van der Waals surface area (Å²) in [6.07, 6.45) is -1.55. The minimum absolute atomic E-state index is 0.160. The number of halogens is 4. The molecule has 0 fully saturated rings. The van der Waals surface area contributed by atoms with Crippen LogP contribution in [0.4, 0.5) is 23.2 Å². The maximum atomic E-state index is 14.2. The van der Waals surface area contributed by atoms with Crippen molar-refractivity contribution in [3.8, 4) is 0 Å². The van der Waals surface area contributed by atoms with Crippen LogP contribution in [-0.4, -0.2) is 37.6 Å². The van der Waals surface area contributed by atoms with E-state index in [0.29, 0.717) is 0 Å². The van der Waals surface area contributed by atoms with E-state index in [1.165, 1.54) is 36.0 Å². The third-order valence-corrected chi connectivity index (χ3v) is 4.63. The maximum absolute atomic E-state index is 14.2. The number of pyridine rings is 1. The first-order chi connectivity index (χ1) is 13.4. The largest absolute Gasteiger partial charge is 0.472 e. The van der Waals surface area contributed by atoms with Crippen LogP contribution in [0.2, 0.25) is 0 Å². The first-order valence-electron chi connectivity index (χ1n) is 7.73. The molecule has 2 rings (SSSR count). The summed E-state index contributed by atoms with van der Waals surface area (Å²) in [5.74, 6) is -4.87. The van der Waals surface area contributed by atoms with Gasteiger partial charge in [0, 0.05) is 6.20 Å². The Balaban J connectivity index is 2.18. The van der Waals surface area contributed by atoms with Gasteiger partial charge >= 0.3 is 12.1 Å². The molecule has 156 valence electrons. The highest BCUT2D eigenvalue weighted by Crippen LogP contribution is 2.20. The van der Waals surface area contributed by atoms with Crippen LogP contribution >= 0.6 is 0 Å². The van der Waals surface area contributed by atoms with Crippen molar-refractivity contribution in [3.05, 3.63) is 59.7 Å². The van der Waals surface area contributed by atoms with Gasteiger partial charge in [0.1, 0.15) is 5.82 Å². The summed E-state index contributed by atoms with van der Waals surface area (Å²) in [5.41, 5.74) is 2.29. The quantitative estimate of drug-likeness (QED) is 0.548. The van der Waals surface area contributed by atoms with Gasteiger partial charge in [-0.1, -0.05) is 6.07 Å². The number of nitrogens with one attached hydrogen (secondary N) is 2. The average Bonchev–Trinajstić information content (AvgIpc) is 2.63. The van der Waals surface area contributed by atoms with Crippen LogP contribution < -0.4 is 15.2 Å². The normalized spacial score (nSPS) is 11.6. The Morgan fingerprint density at radius 2 is 1.86 bits per heavy atom. The fourth-order valence-electron chi connectivity index (χ4n) is 2.16. The monoisotopic (exact) mass is 434 g/mol. The van der Waals surface area contributed by atoms with Gasteiger partial charge < -0.3 is 0 Å². The lowest BCUT2D eigenvalue weighted by molar-refractivity contribution is -0.174. The van der Waals surface area contributed by atoms with Crippen LogP contribution in [-0.2, 0) is 21.4 Å². The van der Waals surface area contributed by atoms with Crippen LogP contribution in [0.15, 0.2) is 42.7 Å². The molecule has 2 amide bonds. The van der Waals surface area contributed by atoms with Gasteiger partial charge in [0.2, 0.25) is 10.0 Å². The van der Waals surface area contributed by atoms with Crippen molar-refractivity contribution >= 4 is 27.5 Å². The molecule has 29 heavy (non-hydrogen) atoms. The van der Waals surface area contributed by atoms with Crippen molar-refractivity contribution in [1.82, 2.24) is 15.8 Å². The highest BCUT2D eigenvalue weighted by molar-refractivity contribution is 7.92. The number of nitrogens with zero attached hydrogens (tertiary/aromatic N) is 2. The summed E-state index contributed by atoms with van der Waals surface area (Å²) in [5, 5.41) is 0. The van der Waals surface area contributed by atoms with Gasteiger partial charge in [-0.25, -0.2) is 12.8 Å². The second-order valence-corrected chi connectivity index (χ2v) is 7.61. The summed E-state index contributed by atoms with van der Waals surface area (Å²) in [6, 6.07) is 6.02. The minimum Gasteiger partial charge on any atom is -0.267 e. The number of hydrazine groups is 1. The SMILES string of the molecule is CS(=O)(=O)N(Cc1ccc(C(=O)NNC(=O)C(F)(F)F)c(F)c1)c1cccnc1. The van der Waals surface area contributed by atoms with Crippen LogP contribution in [0.3, 0.4) is 0 Å². The van der Waals surface area contributed by atoms with Gasteiger partial charge in [0.05, 0.1) is 30.2 Å². The predicted molar refractivity (Wildman–Crippen MR) is 93.3 cm³/mol. The lowest BCUT2D eigenvalue weighted by Crippen LogP contribution is -2.47. The Morgan fingerprint density at radius 1 is 1.17 bits per heavy atom. The molecule has 2 N–H and O–H groups in total. The average molecular weight is 434 g/mol. The Hall–Kier alpha value is -3.22. The maximum Gasteiger partial charge on any atom is 0.472 e. The van der Waals surface area contributed by atoms with E-state index in [9.17, 15) is 35.6 Å². The van der Waals surface area contributed by atoms with Crippen LogP contribution in [0.1, 0.15) is 15.9 Å². The van der Waals surface area contributed by atoms with Crippen LogP contribution in [0.25, 0.3) is 0 Å². The minimum atomic E-state index is -5.23. The van der Waals surface area contributed by atoms with Crippen molar-refractivity contribution < 1.29 is 35.6 Å². The second-order valence-electron chi connectivity index (χ2n) is 5.70. The molecular weight excluding hydrogens is 420 g/mol. The van der Waals surface area contributed by atoms with E-state index in [1.807, 2.05) is 0 Å². The molecule has 1 heterocycles. The van der Waals surface area contributed by atoms with Crippen molar-refractivity contribution in [1.29, 1.82) is 0 Å². The molecule has 0 bridgehead atoms. The zero-order valence-electron chi connectivity index (χ0n) is 14.7. The molecule has 0 radical (unpaired) electrons. The Labute approximate surface area is 162 Å². The molecule has 0 saturated heterocycles. The molecule has 0 aliphatic rings. The lowest BCUT2D eigenvalue weighted by atomic mass is 10.1. The molecule has 1 aromatic heterocycles. The van der Waals surface area contributed by atoms with Gasteiger partial charge in [-0.3, -0.25) is 29.7 Å². The predicted octanol–water partition coefficient (Wildman–Crippen LogP) is 1.51. The van der Waals surface area contributed by atoms with Gasteiger partial charge in [0.15, 0.2) is 0 Å². The molecule has 0 aliphatic heterocycles. The number of benzene rings is 1. The van der Waals surface area contributed by atoms with Gasteiger partial charge in [-0.15, -0.1) is 0 Å². The third kappa shape index (κ3) is 5.88. The highest BCUT2D eigenvalue weighted by atomic mass is 32.2. The molecule has 2 aromatic rings. The number of hydrogen-bond acceptors (Lipinski definition) is 5. The molecule has 0 unspecified atom stereocenters. The third-order valence-electron chi connectivity index (χ3n) is 3.49. The Bertz CT molecular complexity index is 1010. The highest BCUT2D eigenvalue weighted by Gasteiger charge is 2.39. The van der Waals surface area contributed by atoms with Gasteiger partial charge in [0.25, 0.3) is 5.91 Å². The summed E-state index contributed by atoms with van der Waals surface area (Å²) in [6.45, 7) is -0.284. The van der Waals surface area contributed by atoms with Crippen molar-refractivity contribution in [2.24, 2.45) is 0 Å². The topological polar surface area (TPSA) is 108 Å². The molecule has 0 atom stereocenters. The van der Waals surface area contributed by atoms with Gasteiger partial charge in [-0.2, -0.15) is 13.2 Å². The van der Waals surface area contributed by atoms with Crippen molar-refractivity contribution in [2.75, 3.05) is 10.6 Å². The second kappa shape index (κ2) is 8.43. The molecule has 13 heteroatoms. The number of rotatable bonds is 5. The lowest BCUT2D eigenvalue weighted by Gasteiger charge is -2.22. The first-order valence-corrected chi connectivity index (χ1v) is 9.58. The van der Waals surface area contributed by atoms with E-state index in [0.717, 1.165) is 28.1 Å². The summed E-state index contributed by atoms with van der Waals surface area (Å²) < 4.78 is 75.5. The van der Waals surface area contributed by atoms with Crippen molar-refractivity contribution in [2.45, 2.75) is 12.7 Å². The summed E-state index contributed by atoms with van der Waals surface area (Å²) >= 11 is 0. The number of alkyl halides is 3. The van der Waals surface area contributed by atoms with E-state index in [1.54, 1.807) is 0 Å². The number of hydrogen-bond donors (Lipinski definition) is 2. The number of aromatic nitrogens is 1. The Morgan fingerprint density at radius 3 is 2.38 bits per heavy atom. The molecule has 1 aromatic carbocycles. The molecule has 0 spiro atoms. The first kappa shape index (κ1) is 22.1. The smallest absolute Gasteiger partial charge is 0.267 e. The van der Waals surface area contributed by atoms with Crippen molar-refractivity contribution in [3.63, 3.8) is 0 Å². The molecule has 0 saturated carbocycles. The molecule has 8 nitrogen and oxygen atoms in total. The fraction of sp³-hybridized carbons (Fsp3) is 0.188. The van der Waals surface area contributed by atoms with E-state index < -0.39 is 39.4 Å². The molecular formula is C16H14F4N4O4S. The standard InChI is InChI=1S/C16H14F4N4O4S/c1-29(27,28)24(11-3-2-6-21-8-11)9-10-4-5-12(13(17)7-10)14(25)22-23-15(26)16(18,19)20/h2-8H,9H2,1H3,(H,22,25)(H,23,26). The number of anilines is 1. The fourth-order valence-corrected chi connectivity index (χ4v) is 3.03. The van der Waals surface area contributed by atoms with E-state index in [2.05, 4.69) is 4.98 Å². The number of carbonyl (C=O) groups is 2. The number of carbonyl (C=O) groups excluding carboxylic acids is 2. The Kier molecular flexibility index (Phi) is 6.41. The van der Waals surface area contributed by atoms with Crippen LogP contribution in [0, 0.1) is 5.82 Å². The molecule has 0 aliphatic carbocycles. The van der Waals surface area contributed by atoms with E-state index in [4.69, 9.17) is 0 Å².